The number of hydrogen-bond donors (Lipinski definition) is 0. The van der Waals surface area contributed by atoms with Gasteiger partial charge in [0.05, 0.1) is 0 Å². The van der Waals surface area contributed by atoms with Gasteiger partial charge in [-0.25, -0.2) is 0 Å². The van der Waals surface area contributed by atoms with E-state index in [0.717, 1.165) is 22.0 Å². The van der Waals surface area contributed by atoms with Gasteiger partial charge in [0.15, 0.2) is 0 Å². The topological polar surface area (TPSA) is 17.1 Å². The first-order valence-corrected chi connectivity index (χ1v) is 26.0. The summed E-state index contributed by atoms with van der Waals surface area (Å²) in [5.74, 6) is 0. The van der Waals surface area contributed by atoms with Gasteiger partial charge in [0.2, 0.25) is 0 Å². The minimum atomic E-state index is -2.47. The average molecular weight is 887 g/mol. The van der Waals surface area contributed by atoms with E-state index < -0.39 is 7.14 Å². The van der Waals surface area contributed by atoms with Gasteiger partial charge < -0.3 is 4.57 Å². The maximum absolute atomic E-state index is 13.3. The Morgan fingerprint density at radius 3 is 0.971 bits per heavy atom. The molecule has 0 radical (unpaired) electrons. The van der Waals surface area contributed by atoms with Gasteiger partial charge in [0, 0.05) is 5.30 Å². The standard InChI is InChI=1S/C66H47OP/c1-68(2,67)52-21-15-20-50(42-52)51-36-37-63-64(43-51)66(49-34-30-47(31-35-49)56-41-39-54(45-18-7-4-8-19-45)58-23-10-12-25-60(56)58)62-27-14-13-26-61(62)65(63)48-32-28-46(29-33-48)55-40-38-53(44-16-5-3-6-17-44)57-22-9-11-24-59(55)57/h3-43H,1-2H3. The van der Waals surface area contributed by atoms with Gasteiger partial charge in [0.1, 0.15) is 7.14 Å². The van der Waals surface area contributed by atoms with Gasteiger partial charge in [-0.3, -0.25) is 0 Å². The zero-order valence-corrected chi connectivity index (χ0v) is 38.9. The summed E-state index contributed by atoms with van der Waals surface area (Å²) in [5, 5.41) is 10.6. The van der Waals surface area contributed by atoms with Gasteiger partial charge in [-0.15, -0.1) is 0 Å². The molecule has 0 aliphatic heterocycles. The normalized spacial score (nSPS) is 11.7. The zero-order valence-electron chi connectivity index (χ0n) is 38.0. The van der Waals surface area contributed by atoms with E-state index in [4.69, 9.17) is 0 Å². The number of fused-ring (bicyclic) bond motifs is 4. The van der Waals surface area contributed by atoms with E-state index in [2.05, 4.69) is 237 Å². The van der Waals surface area contributed by atoms with Crippen LogP contribution in [0.2, 0.25) is 0 Å². The first kappa shape index (κ1) is 41.3. The molecular weight excluding hydrogens is 840 g/mol. The lowest BCUT2D eigenvalue weighted by Gasteiger charge is -2.20. The van der Waals surface area contributed by atoms with Crippen molar-refractivity contribution in [2.45, 2.75) is 0 Å². The van der Waals surface area contributed by atoms with Crippen LogP contribution in [0.4, 0.5) is 0 Å². The van der Waals surface area contributed by atoms with E-state index in [9.17, 15) is 4.57 Å². The molecule has 0 aliphatic rings. The molecule has 322 valence electrons. The molecule has 0 spiro atoms. The van der Waals surface area contributed by atoms with Crippen molar-refractivity contribution in [3.63, 3.8) is 0 Å². The van der Waals surface area contributed by atoms with Crippen LogP contribution < -0.4 is 5.30 Å². The van der Waals surface area contributed by atoms with E-state index in [0.29, 0.717) is 0 Å². The molecule has 12 rings (SSSR count). The van der Waals surface area contributed by atoms with Crippen LogP contribution in [0, 0.1) is 0 Å². The van der Waals surface area contributed by atoms with Crippen LogP contribution in [0.25, 0.3) is 121 Å². The molecule has 0 fully saturated rings. The van der Waals surface area contributed by atoms with Crippen LogP contribution in [0.5, 0.6) is 0 Å². The molecule has 0 atom stereocenters. The molecule has 0 heterocycles. The summed E-state index contributed by atoms with van der Waals surface area (Å²) in [6, 6.07) is 90.3. The second-order valence-corrected chi connectivity index (χ2v) is 21.5. The van der Waals surface area contributed by atoms with Gasteiger partial charge in [-0.2, -0.15) is 0 Å². The quantitative estimate of drug-likeness (QED) is 0.110. The van der Waals surface area contributed by atoms with Crippen molar-refractivity contribution < 1.29 is 4.57 Å². The summed E-state index contributed by atoms with van der Waals surface area (Å²) in [6.45, 7) is 3.70. The second kappa shape index (κ2) is 17.0. The lowest BCUT2D eigenvalue weighted by molar-refractivity contribution is 0.588. The molecule has 0 saturated carbocycles. The summed E-state index contributed by atoms with van der Waals surface area (Å²) in [5.41, 5.74) is 16.6. The fraction of sp³-hybridized carbons (Fsp3) is 0.0303. The molecule has 0 aliphatic carbocycles. The molecule has 0 unspecified atom stereocenters. The monoisotopic (exact) mass is 886 g/mol. The molecule has 0 bridgehead atoms. The Morgan fingerprint density at radius 1 is 0.235 bits per heavy atom. The van der Waals surface area contributed by atoms with E-state index in [-0.39, 0.29) is 0 Å². The molecular formula is C66H47OP. The third-order valence-corrected chi connectivity index (χ3v) is 15.3. The van der Waals surface area contributed by atoms with Gasteiger partial charge in [-0.1, -0.05) is 237 Å². The molecule has 0 aromatic heterocycles. The molecule has 0 saturated heterocycles. The Bertz CT molecular complexity index is 3920. The highest BCUT2D eigenvalue weighted by atomic mass is 31.2. The highest BCUT2D eigenvalue weighted by Crippen LogP contribution is 2.47. The third-order valence-electron chi connectivity index (χ3n) is 13.8. The lowest BCUT2D eigenvalue weighted by Crippen LogP contribution is -2.02. The predicted molar refractivity (Wildman–Crippen MR) is 294 cm³/mol. The van der Waals surface area contributed by atoms with Crippen molar-refractivity contribution in [1.29, 1.82) is 0 Å². The Hall–Kier alpha value is -8.09. The first-order chi connectivity index (χ1) is 33.4. The van der Waals surface area contributed by atoms with Crippen molar-refractivity contribution in [1.82, 2.24) is 0 Å². The van der Waals surface area contributed by atoms with Crippen LogP contribution in [0.1, 0.15) is 0 Å². The number of rotatable bonds is 8. The third kappa shape index (κ3) is 7.33. The maximum atomic E-state index is 13.3. The molecule has 68 heavy (non-hydrogen) atoms. The lowest BCUT2D eigenvalue weighted by atomic mass is 9.84. The van der Waals surface area contributed by atoms with Crippen LogP contribution in [0.15, 0.2) is 249 Å². The Kier molecular flexibility index (Phi) is 10.3. The van der Waals surface area contributed by atoms with E-state index in [1.165, 1.54) is 104 Å². The smallest absolute Gasteiger partial charge is 0.109 e. The van der Waals surface area contributed by atoms with E-state index in [1.807, 2.05) is 25.5 Å². The fourth-order valence-corrected chi connectivity index (χ4v) is 11.4. The largest absolute Gasteiger partial charge is 0.319 e. The predicted octanol–water partition coefficient (Wildman–Crippen LogP) is 18.2. The van der Waals surface area contributed by atoms with Crippen LogP contribution in [-0.4, -0.2) is 13.3 Å². The number of benzene rings is 12. The molecule has 0 amide bonds. The molecule has 2 heteroatoms. The van der Waals surface area contributed by atoms with Crippen molar-refractivity contribution >= 4 is 55.5 Å². The summed E-state index contributed by atoms with van der Waals surface area (Å²) in [7, 11) is -2.47. The van der Waals surface area contributed by atoms with Gasteiger partial charge in [-0.05, 0) is 146 Å². The van der Waals surface area contributed by atoms with Crippen molar-refractivity contribution in [2.75, 3.05) is 13.3 Å². The van der Waals surface area contributed by atoms with Crippen LogP contribution in [-0.2, 0) is 4.57 Å². The highest BCUT2D eigenvalue weighted by Gasteiger charge is 2.20. The Labute approximate surface area is 398 Å². The Morgan fingerprint density at radius 2 is 0.544 bits per heavy atom. The summed E-state index contributed by atoms with van der Waals surface area (Å²) >= 11 is 0. The minimum absolute atomic E-state index is 0.886. The first-order valence-electron chi connectivity index (χ1n) is 23.4. The molecule has 12 aromatic carbocycles. The van der Waals surface area contributed by atoms with Gasteiger partial charge >= 0.3 is 0 Å². The van der Waals surface area contributed by atoms with E-state index >= 15 is 0 Å². The molecule has 12 aromatic rings. The highest BCUT2D eigenvalue weighted by molar-refractivity contribution is 7.70. The molecule has 1 nitrogen and oxygen atoms in total. The van der Waals surface area contributed by atoms with Crippen LogP contribution in [0.3, 0.4) is 0 Å². The average Bonchev–Trinajstić information content (AvgIpc) is 3.40. The summed E-state index contributed by atoms with van der Waals surface area (Å²) < 4.78 is 13.3. The Balaban J connectivity index is 1.02. The van der Waals surface area contributed by atoms with Gasteiger partial charge in [0.25, 0.3) is 0 Å². The van der Waals surface area contributed by atoms with E-state index in [1.54, 1.807) is 0 Å². The SMILES string of the molecule is CP(C)(=O)c1cccc(-c2ccc3c(-c4ccc(-c5ccc(-c6ccccc6)c6ccccc56)cc4)c4ccccc4c(-c4ccc(-c5ccc(-c6ccccc6)c6ccccc56)cc4)c3c2)c1. The summed E-state index contributed by atoms with van der Waals surface area (Å²) in [4.78, 5) is 0. The maximum Gasteiger partial charge on any atom is 0.109 e. The molecule has 0 N–H and O–H groups in total. The minimum Gasteiger partial charge on any atom is -0.319 e. The number of hydrogen-bond acceptors (Lipinski definition) is 1. The fourth-order valence-electron chi connectivity index (χ4n) is 10.5. The zero-order chi connectivity index (χ0) is 45.8. The van der Waals surface area contributed by atoms with Crippen LogP contribution >= 0.6 is 7.14 Å². The van der Waals surface area contributed by atoms with Crippen molar-refractivity contribution in [3.8, 4) is 77.9 Å². The van der Waals surface area contributed by atoms with Crippen molar-refractivity contribution in [3.05, 3.63) is 249 Å². The summed E-state index contributed by atoms with van der Waals surface area (Å²) in [6.07, 6.45) is 0. The second-order valence-electron chi connectivity index (χ2n) is 18.3. The van der Waals surface area contributed by atoms with Crippen molar-refractivity contribution in [2.24, 2.45) is 0 Å².